The van der Waals surface area contributed by atoms with Crippen molar-refractivity contribution in [2.75, 3.05) is 6.54 Å². The molecule has 0 aliphatic carbocycles. The lowest BCUT2D eigenvalue weighted by atomic mass is 10.2. The van der Waals surface area contributed by atoms with E-state index in [4.69, 9.17) is 23.8 Å². The summed E-state index contributed by atoms with van der Waals surface area (Å²) in [5.74, 6) is 1.38. The second-order valence-electron chi connectivity index (χ2n) is 6.59. The summed E-state index contributed by atoms with van der Waals surface area (Å²) < 4.78 is 4.16. The third kappa shape index (κ3) is 4.08. The number of amides is 1. The molecule has 29 heavy (non-hydrogen) atoms. The second kappa shape index (κ2) is 8.18. The van der Waals surface area contributed by atoms with Crippen LogP contribution in [0.4, 0.5) is 0 Å². The number of fused-ring (bicyclic) bond motifs is 1. The molecule has 1 amide bonds. The van der Waals surface area contributed by atoms with Crippen molar-refractivity contribution < 1.29 is 4.79 Å². The van der Waals surface area contributed by atoms with Gasteiger partial charge in [0.15, 0.2) is 10.6 Å². The lowest BCUT2D eigenvalue weighted by Gasteiger charge is -2.10. The first-order valence-corrected chi connectivity index (χ1v) is 9.91. The Balaban J connectivity index is 1.43. The van der Waals surface area contributed by atoms with Crippen LogP contribution in [0.25, 0.3) is 22.4 Å². The van der Waals surface area contributed by atoms with E-state index >= 15 is 0 Å². The maximum atomic E-state index is 12.5. The standard InChI is InChI=1S/C20H19ClN6OS/c1-13-23-16-4-2-3-5-17(16)26(13)11-10-22-18(28)12-27-19(24-25-20(27)29)14-6-8-15(21)9-7-14/h2-9H,10-12H2,1H3,(H,22,28)(H,25,29). The monoisotopic (exact) mass is 426 g/mol. The molecule has 2 heterocycles. The van der Waals surface area contributed by atoms with E-state index in [1.54, 1.807) is 16.7 Å². The molecular formula is C20H19ClN6OS. The molecule has 0 saturated carbocycles. The average molecular weight is 427 g/mol. The fraction of sp³-hybridized carbons (Fsp3) is 0.200. The van der Waals surface area contributed by atoms with Crippen LogP contribution in [-0.2, 0) is 17.9 Å². The molecular weight excluding hydrogens is 408 g/mol. The SMILES string of the molecule is Cc1nc2ccccc2n1CCNC(=O)Cn1c(-c2ccc(Cl)cc2)n[nH]c1=S. The summed E-state index contributed by atoms with van der Waals surface area (Å²) in [5, 5.41) is 10.6. The number of carbonyl (C=O) groups excluding carboxylic acids is 1. The van der Waals surface area contributed by atoms with Crippen LogP contribution in [0.15, 0.2) is 48.5 Å². The van der Waals surface area contributed by atoms with E-state index in [9.17, 15) is 4.79 Å². The minimum Gasteiger partial charge on any atom is -0.353 e. The van der Waals surface area contributed by atoms with Crippen molar-refractivity contribution in [2.24, 2.45) is 0 Å². The van der Waals surface area contributed by atoms with Gasteiger partial charge >= 0.3 is 0 Å². The fourth-order valence-corrected chi connectivity index (χ4v) is 3.59. The van der Waals surface area contributed by atoms with Crippen LogP contribution in [0.5, 0.6) is 0 Å². The molecule has 148 valence electrons. The van der Waals surface area contributed by atoms with Crippen molar-refractivity contribution in [1.29, 1.82) is 0 Å². The number of hydrogen-bond donors (Lipinski definition) is 2. The molecule has 0 unspecified atom stereocenters. The highest BCUT2D eigenvalue weighted by Crippen LogP contribution is 2.20. The van der Waals surface area contributed by atoms with Crippen molar-refractivity contribution in [1.82, 2.24) is 29.6 Å². The van der Waals surface area contributed by atoms with Gasteiger partial charge in [-0.3, -0.25) is 14.5 Å². The first kappa shape index (κ1) is 19.4. The zero-order valence-electron chi connectivity index (χ0n) is 15.7. The summed E-state index contributed by atoms with van der Waals surface area (Å²) in [7, 11) is 0. The molecule has 2 aromatic carbocycles. The Hall–Kier alpha value is -2.97. The quantitative estimate of drug-likeness (QED) is 0.460. The molecule has 0 radical (unpaired) electrons. The van der Waals surface area contributed by atoms with Gasteiger partial charge in [-0.25, -0.2) is 4.98 Å². The van der Waals surface area contributed by atoms with Gasteiger partial charge in [0.25, 0.3) is 0 Å². The van der Waals surface area contributed by atoms with Crippen LogP contribution in [0, 0.1) is 11.7 Å². The first-order chi connectivity index (χ1) is 14.0. The molecule has 0 aliphatic heterocycles. The van der Waals surface area contributed by atoms with Gasteiger partial charge in [-0.05, 0) is 55.5 Å². The van der Waals surface area contributed by atoms with Gasteiger partial charge in [0.1, 0.15) is 12.4 Å². The average Bonchev–Trinajstić information content (AvgIpc) is 3.22. The van der Waals surface area contributed by atoms with E-state index in [0.717, 1.165) is 22.4 Å². The zero-order chi connectivity index (χ0) is 20.4. The van der Waals surface area contributed by atoms with Crippen LogP contribution < -0.4 is 5.32 Å². The number of carbonyl (C=O) groups is 1. The van der Waals surface area contributed by atoms with E-state index in [0.29, 0.717) is 28.7 Å². The number of halogens is 1. The summed E-state index contributed by atoms with van der Waals surface area (Å²) >= 11 is 11.2. The minimum atomic E-state index is -0.139. The van der Waals surface area contributed by atoms with Gasteiger partial charge in [0, 0.05) is 23.7 Å². The molecule has 7 nitrogen and oxygen atoms in total. The number of benzene rings is 2. The van der Waals surface area contributed by atoms with Crippen LogP contribution in [0.1, 0.15) is 5.82 Å². The lowest BCUT2D eigenvalue weighted by molar-refractivity contribution is -0.121. The topological polar surface area (TPSA) is 80.5 Å². The number of hydrogen-bond acceptors (Lipinski definition) is 4. The number of aromatic nitrogens is 5. The Labute approximate surface area is 177 Å². The number of aromatic amines is 1. The van der Waals surface area contributed by atoms with Gasteiger partial charge in [0.05, 0.1) is 11.0 Å². The smallest absolute Gasteiger partial charge is 0.240 e. The van der Waals surface area contributed by atoms with Crippen molar-refractivity contribution >= 4 is 40.8 Å². The Morgan fingerprint density at radius 1 is 1.17 bits per heavy atom. The summed E-state index contributed by atoms with van der Waals surface area (Å²) in [6.45, 7) is 3.17. The van der Waals surface area contributed by atoms with Crippen LogP contribution in [-0.4, -0.2) is 36.8 Å². The summed E-state index contributed by atoms with van der Waals surface area (Å²) in [4.78, 5) is 17.1. The first-order valence-electron chi connectivity index (χ1n) is 9.12. The molecule has 0 aliphatic rings. The maximum absolute atomic E-state index is 12.5. The molecule has 0 spiro atoms. The van der Waals surface area contributed by atoms with Gasteiger partial charge in [-0.15, -0.1) is 0 Å². The zero-order valence-corrected chi connectivity index (χ0v) is 17.3. The number of para-hydroxylation sites is 2. The fourth-order valence-electron chi connectivity index (χ4n) is 3.27. The Morgan fingerprint density at radius 3 is 2.72 bits per heavy atom. The summed E-state index contributed by atoms with van der Waals surface area (Å²) in [5.41, 5.74) is 2.84. The van der Waals surface area contributed by atoms with Crippen LogP contribution >= 0.6 is 23.8 Å². The number of nitrogens with one attached hydrogen (secondary N) is 2. The normalized spacial score (nSPS) is 11.1. The number of aryl methyl sites for hydroxylation is 1. The van der Waals surface area contributed by atoms with Crippen molar-refractivity contribution in [2.45, 2.75) is 20.0 Å². The van der Waals surface area contributed by atoms with Crippen LogP contribution in [0.2, 0.25) is 5.02 Å². The Bertz CT molecular complexity index is 1220. The van der Waals surface area contributed by atoms with Crippen molar-refractivity contribution in [3.63, 3.8) is 0 Å². The highest BCUT2D eigenvalue weighted by molar-refractivity contribution is 7.71. The third-order valence-corrected chi connectivity index (χ3v) is 5.23. The molecule has 2 aromatic heterocycles. The second-order valence-corrected chi connectivity index (χ2v) is 7.42. The summed E-state index contributed by atoms with van der Waals surface area (Å²) in [6.07, 6.45) is 0. The van der Waals surface area contributed by atoms with Crippen LogP contribution in [0.3, 0.4) is 0 Å². The maximum Gasteiger partial charge on any atom is 0.240 e. The van der Waals surface area contributed by atoms with Crippen molar-refractivity contribution in [3.05, 3.63) is 64.1 Å². The van der Waals surface area contributed by atoms with E-state index < -0.39 is 0 Å². The van der Waals surface area contributed by atoms with Gasteiger partial charge in [-0.1, -0.05) is 23.7 Å². The molecule has 0 fully saturated rings. The predicted molar refractivity (Wildman–Crippen MR) is 115 cm³/mol. The molecule has 0 bridgehead atoms. The number of nitrogens with zero attached hydrogens (tertiary/aromatic N) is 4. The highest BCUT2D eigenvalue weighted by atomic mass is 35.5. The number of imidazole rings is 1. The molecule has 4 aromatic rings. The van der Waals surface area contributed by atoms with E-state index in [2.05, 4.69) is 25.1 Å². The van der Waals surface area contributed by atoms with Gasteiger partial charge < -0.3 is 9.88 Å². The predicted octanol–water partition coefficient (Wildman–Crippen LogP) is 3.74. The summed E-state index contributed by atoms with van der Waals surface area (Å²) in [6, 6.07) is 15.2. The number of H-pyrrole nitrogens is 1. The lowest BCUT2D eigenvalue weighted by Crippen LogP contribution is -2.31. The van der Waals surface area contributed by atoms with Gasteiger partial charge in [0.2, 0.25) is 5.91 Å². The Morgan fingerprint density at radius 2 is 1.93 bits per heavy atom. The Kier molecular flexibility index (Phi) is 5.46. The van der Waals surface area contributed by atoms with E-state index in [1.165, 1.54) is 0 Å². The van der Waals surface area contributed by atoms with Crippen molar-refractivity contribution in [3.8, 4) is 11.4 Å². The molecule has 4 rings (SSSR count). The molecule has 2 N–H and O–H groups in total. The van der Waals surface area contributed by atoms with Gasteiger partial charge in [-0.2, -0.15) is 5.10 Å². The largest absolute Gasteiger partial charge is 0.353 e. The minimum absolute atomic E-state index is 0.0803. The molecule has 0 atom stereocenters. The third-order valence-electron chi connectivity index (χ3n) is 4.67. The van der Waals surface area contributed by atoms with E-state index in [1.807, 2.05) is 43.3 Å². The van der Waals surface area contributed by atoms with E-state index in [-0.39, 0.29) is 12.5 Å². The number of rotatable bonds is 6. The molecule has 0 saturated heterocycles. The molecule has 9 heteroatoms. The highest BCUT2D eigenvalue weighted by Gasteiger charge is 2.13.